The zero-order valence-electron chi connectivity index (χ0n) is 9.41. The number of ether oxygens (including phenoxy) is 1. The van der Waals surface area contributed by atoms with E-state index < -0.39 is 0 Å². The fourth-order valence-corrected chi connectivity index (χ4v) is 1.70. The molecule has 1 fully saturated rings. The van der Waals surface area contributed by atoms with E-state index in [4.69, 9.17) is 4.74 Å². The van der Waals surface area contributed by atoms with Crippen molar-refractivity contribution in [3.63, 3.8) is 0 Å². The van der Waals surface area contributed by atoms with Gasteiger partial charge in [-0.3, -0.25) is 4.90 Å². The Hall–Kier alpha value is -0.120. The first-order valence-corrected chi connectivity index (χ1v) is 5.72. The molecule has 3 heteroatoms. The van der Waals surface area contributed by atoms with Crippen LogP contribution in [0.2, 0.25) is 0 Å². The van der Waals surface area contributed by atoms with Crippen LogP contribution in [0.25, 0.3) is 0 Å². The summed E-state index contributed by atoms with van der Waals surface area (Å²) in [6, 6.07) is 0. The van der Waals surface area contributed by atoms with Gasteiger partial charge < -0.3 is 9.84 Å². The molecule has 0 amide bonds. The molecule has 14 heavy (non-hydrogen) atoms. The molecule has 1 aliphatic heterocycles. The van der Waals surface area contributed by atoms with Gasteiger partial charge in [-0.2, -0.15) is 0 Å². The van der Waals surface area contributed by atoms with Crippen molar-refractivity contribution in [1.29, 1.82) is 0 Å². The molecule has 0 spiro atoms. The second kappa shape index (κ2) is 6.38. The first-order valence-electron chi connectivity index (χ1n) is 5.72. The van der Waals surface area contributed by atoms with Gasteiger partial charge in [0.15, 0.2) is 0 Å². The predicted octanol–water partition coefficient (Wildman–Crippen LogP) is 1.12. The van der Waals surface area contributed by atoms with E-state index in [9.17, 15) is 5.11 Å². The maximum absolute atomic E-state index is 9.88. The summed E-state index contributed by atoms with van der Waals surface area (Å²) < 4.78 is 5.37. The van der Waals surface area contributed by atoms with Crippen molar-refractivity contribution >= 4 is 0 Å². The lowest BCUT2D eigenvalue weighted by molar-refractivity contribution is 0.0658. The van der Waals surface area contributed by atoms with Crippen LogP contribution in [0.5, 0.6) is 0 Å². The molecule has 0 aliphatic carbocycles. The second-order valence-corrected chi connectivity index (χ2v) is 4.22. The van der Waals surface area contributed by atoms with Crippen LogP contribution in [-0.2, 0) is 4.74 Å². The molecule has 1 rings (SSSR count). The summed E-state index contributed by atoms with van der Waals surface area (Å²) in [6.45, 7) is 8.75. The molecule has 2 atom stereocenters. The highest BCUT2D eigenvalue weighted by atomic mass is 16.5. The topological polar surface area (TPSA) is 32.7 Å². The van der Waals surface area contributed by atoms with E-state index in [-0.39, 0.29) is 6.10 Å². The molecule has 0 bridgehead atoms. The fraction of sp³-hybridized carbons (Fsp3) is 1.00. The van der Waals surface area contributed by atoms with Gasteiger partial charge in [0.05, 0.1) is 12.7 Å². The summed E-state index contributed by atoms with van der Waals surface area (Å²) in [5.41, 5.74) is 0. The molecular weight excluding hydrogens is 178 g/mol. The summed E-state index contributed by atoms with van der Waals surface area (Å²) in [5.74, 6) is 0.402. The van der Waals surface area contributed by atoms with E-state index in [1.807, 2.05) is 0 Å². The van der Waals surface area contributed by atoms with Crippen molar-refractivity contribution in [2.75, 3.05) is 32.8 Å². The van der Waals surface area contributed by atoms with E-state index in [1.54, 1.807) is 0 Å². The van der Waals surface area contributed by atoms with Crippen LogP contribution in [-0.4, -0.2) is 49.0 Å². The molecule has 1 aliphatic rings. The van der Waals surface area contributed by atoms with Gasteiger partial charge in [0, 0.05) is 26.2 Å². The number of β-amino-alcohol motifs (C(OH)–C–C–N with tert-alkyl or cyclic N) is 1. The van der Waals surface area contributed by atoms with Crippen molar-refractivity contribution in [3.8, 4) is 0 Å². The number of hydrogen-bond acceptors (Lipinski definition) is 3. The van der Waals surface area contributed by atoms with E-state index in [0.717, 1.165) is 45.7 Å². The van der Waals surface area contributed by atoms with Crippen molar-refractivity contribution < 1.29 is 9.84 Å². The first-order chi connectivity index (χ1) is 6.74. The van der Waals surface area contributed by atoms with Crippen molar-refractivity contribution in [2.24, 2.45) is 5.92 Å². The normalized spacial score (nSPS) is 24.2. The van der Waals surface area contributed by atoms with Crippen LogP contribution < -0.4 is 0 Å². The zero-order chi connectivity index (χ0) is 10.4. The molecule has 3 nitrogen and oxygen atoms in total. The van der Waals surface area contributed by atoms with Gasteiger partial charge in [-0.1, -0.05) is 20.3 Å². The van der Waals surface area contributed by atoms with Crippen molar-refractivity contribution in [3.05, 3.63) is 0 Å². The average molecular weight is 201 g/mol. The van der Waals surface area contributed by atoms with Crippen molar-refractivity contribution in [1.82, 2.24) is 4.90 Å². The highest BCUT2D eigenvalue weighted by Crippen LogP contribution is 2.10. The van der Waals surface area contributed by atoms with Gasteiger partial charge in [0.1, 0.15) is 0 Å². The number of hydrogen-bond donors (Lipinski definition) is 1. The van der Waals surface area contributed by atoms with Crippen LogP contribution in [0.3, 0.4) is 0 Å². The molecule has 1 heterocycles. The van der Waals surface area contributed by atoms with Gasteiger partial charge in [0.2, 0.25) is 0 Å². The Morgan fingerprint density at radius 2 is 2.14 bits per heavy atom. The smallest absolute Gasteiger partial charge is 0.0692 e. The van der Waals surface area contributed by atoms with Crippen LogP contribution in [0, 0.1) is 5.92 Å². The molecule has 0 saturated carbocycles. The number of nitrogens with zero attached hydrogens (tertiary/aromatic N) is 1. The van der Waals surface area contributed by atoms with Crippen molar-refractivity contribution in [2.45, 2.75) is 32.8 Å². The van der Waals surface area contributed by atoms with Gasteiger partial charge >= 0.3 is 0 Å². The van der Waals surface area contributed by atoms with Crippen LogP contribution in [0.1, 0.15) is 26.7 Å². The zero-order valence-corrected chi connectivity index (χ0v) is 9.41. The Kier molecular flexibility index (Phi) is 5.45. The Morgan fingerprint density at radius 1 is 1.36 bits per heavy atom. The molecule has 1 saturated heterocycles. The summed E-state index contributed by atoms with van der Waals surface area (Å²) in [4.78, 5) is 2.31. The third kappa shape index (κ3) is 3.95. The van der Waals surface area contributed by atoms with Gasteiger partial charge in [-0.25, -0.2) is 0 Å². The molecule has 0 aromatic rings. The lowest BCUT2D eigenvalue weighted by Crippen LogP contribution is -2.37. The molecule has 0 aromatic heterocycles. The SMILES string of the molecule is CCC(C)C(O)CN1CCCOCC1. The Bertz CT molecular complexity index is 144. The first kappa shape index (κ1) is 12.0. The third-order valence-corrected chi connectivity index (χ3v) is 3.06. The lowest BCUT2D eigenvalue weighted by atomic mass is 10.0. The number of rotatable bonds is 4. The molecule has 84 valence electrons. The van der Waals surface area contributed by atoms with Crippen LogP contribution in [0.4, 0.5) is 0 Å². The quantitative estimate of drug-likeness (QED) is 0.739. The summed E-state index contributed by atoms with van der Waals surface area (Å²) >= 11 is 0. The Labute approximate surface area is 87.1 Å². The van der Waals surface area contributed by atoms with Gasteiger partial charge in [-0.05, 0) is 12.3 Å². The predicted molar refractivity (Wildman–Crippen MR) is 57.3 cm³/mol. The maximum Gasteiger partial charge on any atom is 0.0692 e. The fourth-order valence-electron chi connectivity index (χ4n) is 1.70. The average Bonchev–Trinajstić information content (AvgIpc) is 2.45. The van der Waals surface area contributed by atoms with Crippen LogP contribution in [0.15, 0.2) is 0 Å². The highest BCUT2D eigenvalue weighted by Gasteiger charge is 2.17. The number of aliphatic hydroxyl groups excluding tert-OH is 1. The summed E-state index contributed by atoms with van der Waals surface area (Å²) in [6.07, 6.45) is 1.96. The van der Waals surface area contributed by atoms with Gasteiger partial charge in [-0.15, -0.1) is 0 Å². The lowest BCUT2D eigenvalue weighted by Gasteiger charge is -2.25. The molecule has 1 N–H and O–H groups in total. The molecule has 2 unspecified atom stereocenters. The Balaban J connectivity index is 2.26. The molecule has 0 aromatic carbocycles. The molecule has 0 radical (unpaired) electrons. The highest BCUT2D eigenvalue weighted by molar-refractivity contribution is 4.70. The van der Waals surface area contributed by atoms with E-state index in [1.165, 1.54) is 0 Å². The van der Waals surface area contributed by atoms with E-state index in [2.05, 4.69) is 18.7 Å². The monoisotopic (exact) mass is 201 g/mol. The second-order valence-electron chi connectivity index (χ2n) is 4.22. The standard InChI is InChI=1S/C11H23NO2/c1-3-10(2)11(13)9-12-5-4-7-14-8-6-12/h10-11,13H,3-9H2,1-2H3. The number of aliphatic hydroxyl groups is 1. The minimum Gasteiger partial charge on any atom is -0.392 e. The maximum atomic E-state index is 9.88. The Morgan fingerprint density at radius 3 is 2.86 bits per heavy atom. The van der Waals surface area contributed by atoms with Gasteiger partial charge in [0.25, 0.3) is 0 Å². The molecular formula is C11H23NO2. The summed E-state index contributed by atoms with van der Waals surface area (Å²) in [5, 5.41) is 9.88. The largest absolute Gasteiger partial charge is 0.392 e. The minimum absolute atomic E-state index is 0.182. The minimum atomic E-state index is -0.182. The van der Waals surface area contributed by atoms with E-state index >= 15 is 0 Å². The third-order valence-electron chi connectivity index (χ3n) is 3.06. The summed E-state index contributed by atoms with van der Waals surface area (Å²) in [7, 11) is 0. The van der Waals surface area contributed by atoms with Crippen LogP contribution >= 0.6 is 0 Å². The van der Waals surface area contributed by atoms with E-state index in [0.29, 0.717) is 5.92 Å².